The number of hydrogen-bond acceptors (Lipinski definition) is 2. The van der Waals surface area contributed by atoms with Crippen molar-refractivity contribution < 1.29 is 13.9 Å². The standard InChI is InChI=1S/C13H14FIO2/c1-3-8-17-13(16)9(2)12(14)10-6-4-5-7-11(10)15/h4-7,12H,2-3,8H2,1H3. The van der Waals surface area contributed by atoms with Crippen LogP contribution in [0.4, 0.5) is 4.39 Å². The normalized spacial score (nSPS) is 11.9. The fourth-order valence-electron chi connectivity index (χ4n) is 1.26. The Hall–Kier alpha value is -0.910. The molecule has 1 aromatic rings. The number of hydrogen-bond donors (Lipinski definition) is 0. The second-order valence-electron chi connectivity index (χ2n) is 3.55. The Morgan fingerprint density at radius 1 is 1.53 bits per heavy atom. The summed E-state index contributed by atoms with van der Waals surface area (Å²) in [6, 6.07) is 6.97. The van der Waals surface area contributed by atoms with Crippen molar-refractivity contribution in [3.8, 4) is 0 Å². The Kier molecular flexibility index (Phi) is 5.61. The molecular weight excluding hydrogens is 334 g/mol. The van der Waals surface area contributed by atoms with Crippen LogP contribution in [0, 0.1) is 3.57 Å². The lowest BCUT2D eigenvalue weighted by molar-refractivity contribution is -0.139. The summed E-state index contributed by atoms with van der Waals surface area (Å²) in [7, 11) is 0. The largest absolute Gasteiger partial charge is 0.462 e. The van der Waals surface area contributed by atoms with Crippen molar-refractivity contribution in [1.82, 2.24) is 0 Å². The van der Waals surface area contributed by atoms with Gasteiger partial charge in [0.2, 0.25) is 0 Å². The van der Waals surface area contributed by atoms with Crippen LogP contribution >= 0.6 is 22.6 Å². The van der Waals surface area contributed by atoms with Crippen LogP contribution in [0.15, 0.2) is 36.4 Å². The molecule has 0 fully saturated rings. The average molecular weight is 348 g/mol. The molecule has 0 N–H and O–H groups in total. The molecule has 0 saturated carbocycles. The highest BCUT2D eigenvalue weighted by Gasteiger charge is 2.22. The van der Waals surface area contributed by atoms with E-state index in [0.29, 0.717) is 12.0 Å². The third-order valence-corrected chi connectivity index (χ3v) is 3.17. The van der Waals surface area contributed by atoms with E-state index in [1.54, 1.807) is 18.2 Å². The van der Waals surface area contributed by atoms with Crippen molar-refractivity contribution in [2.24, 2.45) is 0 Å². The zero-order valence-electron chi connectivity index (χ0n) is 9.58. The van der Waals surface area contributed by atoms with Crippen LogP contribution in [-0.2, 0) is 9.53 Å². The number of ether oxygens (including phenoxy) is 1. The molecule has 0 heterocycles. The van der Waals surface area contributed by atoms with Gasteiger partial charge in [-0.25, -0.2) is 9.18 Å². The molecule has 0 aromatic heterocycles. The van der Waals surface area contributed by atoms with Gasteiger partial charge in [0.05, 0.1) is 12.2 Å². The van der Waals surface area contributed by atoms with Gasteiger partial charge in [0.25, 0.3) is 0 Å². The fraction of sp³-hybridized carbons (Fsp3) is 0.308. The van der Waals surface area contributed by atoms with Gasteiger partial charge in [0.1, 0.15) is 0 Å². The second-order valence-corrected chi connectivity index (χ2v) is 4.71. The predicted octanol–water partition coefficient (Wildman–Crippen LogP) is 3.81. The van der Waals surface area contributed by atoms with Crippen LogP contribution in [0.3, 0.4) is 0 Å². The summed E-state index contributed by atoms with van der Waals surface area (Å²) in [5, 5.41) is 0. The van der Waals surface area contributed by atoms with Crippen molar-refractivity contribution in [3.63, 3.8) is 0 Å². The van der Waals surface area contributed by atoms with Crippen LogP contribution in [-0.4, -0.2) is 12.6 Å². The van der Waals surface area contributed by atoms with Gasteiger partial charge < -0.3 is 4.74 Å². The third-order valence-electron chi connectivity index (χ3n) is 2.18. The molecule has 17 heavy (non-hydrogen) atoms. The van der Waals surface area contributed by atoms with Gasteiger partial charge in [0, 0.05) is 9.13 Å². The van der Waals surface area contributed by atoms with E-state index in [0.717, 1.165) is 3.57 Å². The molecule has 2 nitrogen and oxygen atoms in total. The first-order chi connectivity index (χ1) is 8.07. The molecule has 0 aliphatic carbocycles. The summed E-state index contributed by atoms with van der Waals surface area (Å²) in [4.78, 5) is 11.5. The quantitative estimate of drug-likeness (QED) is 0.460. The lowest BCUT2D eigenvalue weighted by Crippen LogP contribution is -2.12. The van der Waals surface area contributed by atoms with Crippen LogP contribution in [0.5, 0.6) is 0 Å². The van der Waals surface area contributed by atoms with Crippen molar-refractivity contribution in [3.05, 3.63) is 45.6 Å². The lowest BCUT2D eigenvalue weighted by Gasteiger charge is -2.12. The number of esters is 1. The maximum absolute atomic E-state index is 14.1. The first-order valence-corrected chi connectivity index (χ1v) is 6.40. The number of rotatable bonds is 5. The summed E-state index contributed by atoms with van der Waals surface area (Å²) < 4.78 is 19.7. The predicted molar refractivity (Wildman–Crippen MR) is 73.4 cm³/mol. The van der Waals surface area contributed by atoms with E-state index in [2.05, 4.69) is 6.58 Å². The molecule has 0 amide bonds. The van der Waals surface area contributed by atoms with Gasteiger partial charge in [-0.2, -0.15) is 0 Å². The van der Waals surface area contributed by atoms with Crippen molar-refractivity contribution in [1.29, 1.82) is 0 Å². The lowest BCUT2D eigenvalue weighted by atomic mass is 10.0. The summed E-state index contributed by atoms with van der Waals surface area (Å²) in [6.45, 7) is 5.64. The molecule has 1 rings (SSSR count). The number of carbonyl (C=O) groups excluding carboxylic acids is 1. The third kappa shape index (κ3) is 3.80. The maximum atomic E-state index is 14.1. The summed E-state index contributed by atoms with van der Waals surface area (Å²) >= 11 is 2.03. The van der Waals surface area contributed by atoms with Crippen molar-refractivity contribution in [2.75, 3.05) is 6.61 Å². The molecule has 0 spiro atoms. The monoisotopic (exact) mass is 348 g/mol. The zero-order chi connectivity index (χ0) is 12.8. The molecule has 0 aliphatic heterocycles. The maximum Gasteiger partial charge on any atom is 0.336 e. The number of alkyl halides is 1. The number of carbonyl (C=O) groups is 1. The Balaban J connectivity index is 2.76. The Morgan fingerprint density at radius 2 is 2.18 bits per heavy atom. The summed E-state index contributed by atoms with van der Waals surface area (Å²) in [5.74, 6) is -0.668. The Labute approximate surface area is 114 Å². The molecule has 92 valence electrons. The fourth-order valence-corrected chi connectivity index (χ4v) is 1.92. The van der Waals surface area contributed by atoms with Crippen molar-refractivity contribution in [2.45, 2.75) is 19.5 Å². The second kappa shape index (κ2) is 6.74. The minimum atomic E-state index is -1.51. The zero-order valence-corrected chi connectivity index (χ0v) is 11.7. The van der Waals surface area contributed by atoms with E-state index in [1.165, 1.54) is 0 Å². The highest BCUT2D eigenvalue weighted by molar-refractivity contribution is 14.1. The summed E-state index contributed by atoms with van der Waals surface area (Å²) in [6.07, 6.45) is -0.800. The van der Waals surface area contributed by atoms with Gasteiger partial charge in [-0.1, -0.05) is 31.7 Å². The van der Waals surface area contributed by atoms with Gasteiger partial charge in [-0.05, 0) is 35.1 Å². The van der Waals surface area contributed by atoms with Crippen LogP contribution in [0.1, 0.15) is 25.1 Å². The van der Waals surface area contributed by atoms with E-state index in [9.17, 15) is 9.18 Å². The van der Waals surface area contributed by atoms with E-state index < -0.39 is 12.1 Å². The molecule has 4 heteroatoms. The van der Waals surface area contributed by atoms with Gasteiger partial charge in [0.15, 0.2) is 6.17 Å². The van der Waals surface area contributed by atoms with Crippen LogP contribution in [0.2, 0.25) is 0 Å². The highest BCUT2D eigenvalue weighted by atomic mass is 127. The summed E-state index contributed by atoms with van der Waals surface area (Å²) in [5.41, 5.74) is 0.300. The van der Waals surface area contributed by atoms with Crippen LogP contribution in [0.25, 0.3) is 0 Å². The van der Waals surface area contributed by atoms with E-state index in [4.69, 9.17) is 4.74 Å². The smallest absolute Gasteiger partial charge is 0.336 e. The topological polar surface area (TPSA) is 26.3 Å². The molecular formula is C13H14FIO2. The first-order valence-electron chi connectivity index (χ1n) is 5.32. The van der Waals surface area contributed by atoms with Gasteiger partial charge >= 0.3 is 5.97 Å². The molecule has 1 atom stereocenters. The molecule has 0 radical (unpaired) electrons. The van der Waals surface area contributed by atoms with E-state index in [-0.39, 0.29) is 12.2 Å². The Morgan fingerprint density at radius 3 is 2.76 bits per heavy atom. The average Bonchev–Trinajstić information content (AvgIpc) is 2.34. The van der Waals surface area contributed by atoms with Gasteiger partial charge in [-0.3, -0.25) is 0 Å². The highest BCUT2D eigenvalue weighted by Crippen LogP contribution is 2.29. The number of benzene rings is 1. The first kappa shape index (κ1) is 14.2. The molecule has 0 bridgehead atoms. The molecule has 0 saturated heterocycles. The SMILES string of the molecule is C=C(C(=O)OCCC)C(F)c1ccccc1I. The minimum absolute atomic E-state index is 0.150. The van der Waals surface area contributed by atoms with E-state index in [1.807, 2.05) is 35.6 Å². The van der Waals surface area contributed by atoms with E-state index >= 15 is 0 Å². The van der Waals surface area contributed by atoms with Crippen LogP contribution < -0.4 is 0 Å². The van der Waals surface area contributed by atoms with Crippen molar-refractivity contribution >= 4 is 28.6 Å². The molecule has 1 unspecified atom stereocenters. The number of halogens is 2. The molecule has 0 aliphatic rings. The molecule has 1 aromatic carbocycles. The Bertz CT molecular complexity index is 418. The minimum Gasteiger partial charge on any atom is -0.462 e. The van der Waals surface area contributed by atoms with Gasteiger partial charge in [-0.15, -0.1) is 0 Å².